The number of nitrogens with zero attached hydrogens (tertiary/aromatic N) is 2. The summed E-state index contributed by atoms with van der Waals surface area (Å²) < 4.78 is 0. The van der Waals surface area contributed by atoms with Gasteiger partial charge < -0.3 is 4.90 Å². The Bertz CT molecular complexity index is 217. The predicted octanol–water partition coefficient (Wildman–Crippen LogP) is 0.603. The maximum absolute atomic E-state index is 11.1. The zero-order valence-electron chi connectivity index (χ0n) is 9.04. The Morgan fingerprint density at radius 3 is 2.79 bits per heavy atom. The van der Waals surface area contributed by atoms with Crippen molar-refractivity contribution in [2.24, 2.45) is 5.92 Å². The smallest absolute Gasteiger partial charge is 0.148 e. The highest BCUT2D eigenvalue weighted by atomic mass is 16.1. The van der Waals surface area contributed by atoms with Crippen LogP contribution in [0.25, 0.3) is 0 Å². The minimum atomic E-state index is 0.426. The van der Waals surface area contributed by atoms with E-state index >= 15 is 0 Å². The van der Waals surface area contributed by atoms with Gasteiger partial charge in [0.15, 0.2) is 0 Å². The standard InChI is InChI=1S/C11H20N2O/c1-2-12-5-3-10(7-12)8-13-6-4-11(14)9-13/h10H,2-9H2,1H3. The molecule has 2 aliphatic heterocycles. The summed E-state index contributed by atoms with van der Waals surface area (Å²) in [7, 11) is 0. The number of rotatable bonds is 3. The Labute approximate surface area is 86.1 Å². The molecule has 0 spiro atoms. The summed E-state index contributed by atoms with van der Waals surface area (Å²) in [5, 5.41) is 0. The number of Topliss-reactive ketones (excluding diaryl/α,β-unsaturated/α-hetero) is 1. The first-order valence-electron chi connectivity index (χ1n) is 5.74. The lowest BCUT2D eigenvalue weighted by molar-refractivity contribution is -0.116. The number of hydrogen-bond acceptors (Lipinski definition) is 3. The summed E-state index contributed by atoms with van der Waals surface area (Å²) in [5.41, 5.74) is 0. The van der Waals surface area contributed by atoms with Crippen LogP contribution in [0.1, 0.15) is 19.8 Å². The largest absolute Gasteiger partial charge is 0.303 e. The lowest BCUT2D eigenvalue weighted by Crippen LogP contribution is -2.29. The minimum absolute atomic E-state index is 0.426. The molecule has 0 saturated carbocycles. The van der Waals surface area contributed by atoms with Gasteiger partial charge in [0.2, 0.25) is 0 Å². The number of likely N-dealkylation sites (tertiary alicyclic amines) is 2. The molecule has 0 aliphatic carbocycles. The second-order valence-electron chi connectivity index (χ2n) is 4.57. The SMILES string of the molecule is CCN1CCC(CN2CCC(=O)C2)C1. The quantitative estimate of drug-likeness (QED) is 0.660. The van der Waals surface area contributed by atoms with Crippen LogP contribution >= 0.6 is 0 Å². The molecule has 3 heteroatoms. The second kappa shape index (κ2) is 4.41. The van der Waals surface area contributed by atoms with Crippen molar-refractivity contribution in [3.63, 3.8) is 0 Å². The van der Waals surface area contributed by atoms with Gasteiger partial charge in [0.05, 0.1) is 6.54 Å². The van der Waals surface area contributed by atoms with E-state index in [1.807, 2.05) is 0 Å². The fraction of sp³-hybridized carbons (Fsp3) is 0.909. The van der Waals surface area contributed by atoms with Crippen molar-refractivity contribution in [2.75, 3.05) is 39.3 Å². The van der Waals surface area contributed by atoms with E-state index in [4.69, 9.17) is 0 Å². The summed E-state index contributed by atoms with van der Waals surface area (Å²) >= 11 is 0. The van der Waals surface area contributed by atoms with E-state index in [0.29, 0.717) is 12.3 Å². The molecule has 1 atom stereocenters. The molecule has 0 aromatic carbocycles. The molecule has 2 rings (SSSR count). The Hall–Kier alpha value is -0.410. The first-order chi connectivity index (χ1) is 6.78. The summed E-state index contributed by atoms with van der Waals surface area (Å²) in [5.74, 6) is 1.23. The van der Waals surface area contributed by atoms with E-state index < -0.39 is 0 Å². The van der Waals surface area contributed by atoms with Crippen molar-refractivity contribution in [3.05, 3.63) is 0 Å². The highest BCUT2D eigenvalue weighted by Gasteiger charge is 2.26. The fourth-order valence-corrected chi connectivity index (χ4v) is 2.56. The second-order valence-corrected chi connectivity index (χ2v) is 4.57. The molecule has 14 heavy (non-hydrogen) atoms. The minimum Gasteiger partial charge on any atom is -0.303 e. The van der Waals surface area contributed by atoms with E-state index in [-0.39, 0.29) is 0 Å². The lowest BCUT2D eigenvalue weighted by Gasteiger charge is -2.19. The molecule has 0 amide bonds. The molecule has 0 radical (unpaired) electrons. The molecule has 0 aromatic heterocycles. The molecule has 3 nitrogen and oxygen atoms in total. The Morgan fingerprint density at radius 1 is 1.36 bits per heavy atom. The fourth-order valence-electron chi connectivity index (χ4n) is 2.56. The zero-order valence-corrected chi connectivity index (χ0v) is 9.04. The number of carbonyl (C=O) groups excluding carboxylic acids is 1. The molecule has 80 valence electrons. The third-order valence-electron chi connectivity index (χ3n) is 3.44. The summed E-state index contributed by atoms with van der Waals surface area (Å²) in [4.78, 5) is 15.9. The van der Waals surface area contributed by atoms with Gasteiger partial charge >= 0.3 is 0 Å². The van der Waals surface area contributed by atoms with Crippen LogP contribution in [-0.2, 0) is 4.79 Å². The molecule has 1 unspecified atom stereocenters. The van der Waals surface area contributed by atoms with Gasteiger partial charge in [-0.15, -0.1) is 0 Å². The van der Waals surface area contributed by atoms with Crippen molar-refractivity contribution in [1.29, 1.82) is 0 Å². The van der Waals surface area contributed by atoms with Gasteiger partial charge in [-0.05, 0) is 25.4 Å². The van der Waals surface area contributed by atoms with Gasteiger partial charge in [0.25, 0.3) is 0 Å². The van der Waals surface area contributed by atoms with Crippen molar-refractivity contribution in [3.8, 4) is 0 Å². The van der Waals surface area contributed by atoms with Gasteiger partial charge in [0.1, 0.15) is 5.78 Å². The summed E-state index contributed by atoms with van der Waals surface area (Å²) in [6.07, 6.45) is 2.10. The van der Waals surface area contributed by atoms with Gasteiger partial charge in [-0.1, -0.05) is 6.92 Å². The number of ketones is 1. The molecule has 2 heterocycles. The van der Waals surface area contributed by atoms with Crippen molar-refractivity contribution in [1.82, 2.24) is 9.80 Å². The van der Waals surface area contributed by atoms with Gasteiger partial charge in [0, 0.05) is 26.1 Å². The van der Waals surface area contributed by atoms with Crippen LogP contribution in [0, 0.1) is 5.92 Å². The van der Waals surface area contributed by atoms with Crippen LogP contribution in [0.15, 0.2) is 0 Å². The van der Waals surface area contributed by atoms with Gasteiger partial charge in [-0.25, -0.2) is 0 Å². The first kappa shape index (κ1) is 10.1. The maximum Gasteiger partial charge on any atom is 0.148 e. The zero-order chi connectivity index (χ0) is 9.97. The van der Waals surface area contributed by atoms with Crippen LogP contribution in [0.4, 0.5) is 0 Å². The van der Waals surface area contributed by atoms with Crippen LogP contribution in [0.3, 0.4) is 0 Å². The molecular formula is C11H20N2O. The number of carbonyl (C=O) groups is 1. The van der Waals surface area contributed by atoms with Crippen LogP contribution < -0.4 is 0 Å². The van der Waals surface area contributed by atoms with Crippen molar-refractivity contribution in [2.45, 2.75) is 19.8 Å². The molecule has 2 aliphatic rings. The molecular weight excluding hydrogens is 176 g/mol. The Balaban J connectivity index is 1.73. The Kier molecular flexibility index (Phi) is 3.19. The van der Waals surface area contributed by atoms with E-state index in [1.165, 1.54) is 26.1 Å². The third-order valence-corrected chi connectivity index (χ3v) is 3.44. The Morgan fingerprint density at radius 2 is 2.21 bits per heavy atom. The first-order valence-corrected chi connectivity index (χ1v) is 5.74. The molecule has 2 fully saturated rings. The topological polar surface area (TPSA) is 23.6 Å². The van der Waals surface area contributed by atoms with Gasteiger partial charge in [-0.3, -0.25) is 9.69 Å². The van der Waals surface area contributed by atoms with Crippen LogP contribution in [-0.4, -0.2) is 54.9 Å². The van der Waals surface area contributed by atoms with E-state index in [2.05, 4.69) is 16.7 Å². The number of hydrogen-bond donors (Lipinski definition) is 0. The average molecular weight is 196 g/mol. The maximum atomic E-state index is 11.1. The van der Waals surface area contributed by atoms with E-state index in [0.717, 1.165) is 25.4 Å². The molecule has 0 bridgehead atoms. The average Bonchev–Trinajstić information content (AvgIpc) is 2.76. The molecule has 2 saturated heterocycles. The van der Waals surface area contributed by atoms with Crippen LogP contribution in [0.2, 0.25) is 0 Å². The van der Waals surface area contributed by atoms with Crippen LogP contribution in [0.5, 0.6) is 0 Å². The van der Waals surface area contributed by atoms with E-state index in [9.17, 15) is 4.79 Å². The monoisotopic (exact) mass is 196 g/mol. The third kappa shape index (κ3) is 2.34. The predicted molar refractivity (Wildman–Crippen MR) is 56.3 cm³/mol. The highest BCUT2D eigenvalue weighted by molar-refractivity contribution is 5.82. The molecule has 0 N–H and O–H groups in total. The van der Waals surface area contributed by atoms with E-state index in [1.54, 1.807) is 0 Å². The van der Waals surface area contributed by atoms with Crippen molar-refractivity contribution >= 4 is 5.78 Å². The molecule has 0 aromatic rings. The lowest BCUT2D eigenvalue weighted by atomic mass is 10.1. The summed E-state index contributed by atoms with van der Waals surface area (Å²) in [6, 6.07) is 0. The normalized spacial score (nSPS) is 30.4. The van der Waals surface area contributed by atoms with Gasteiger partial charge in [-0.2, -0.15) is 0 Å². The highest BCUT2D eigenvalue weighted by Crippen LogP contribution is 2.18. The summed E-state index contributed by atoms with van der Waals surface area (Å²) in [6.45, 7) is 8.74. The van der Waals surface area contributed by atoms with Crippen molar-refractivity contribution < 1.29 is 4.79 Å².